The average Bonchev–Trinajstić information content (AvgIpc) is 2.61. The zero-order valence-corrected chi connectivity index (χ0v) is 18.7. The van der Waals surface area contributed by atoms with Crippen LogP contribution in [0.1, 0.15) is 36.6 Å². The van der Waals surface area contributed by atoms with Crippen LogP contribution in [0, 0.1) is 5.82 Å². The molecule has 0 aromatic heterocycles. The summed E-state index contributed by atoms with van der Waals surface area (Å²) in [6.07, 6.45) is 0. The smallest absolute Gasteiger partial charge is 0.192 e. The van der Waals surface area contributed by atoms with Gasteiger partial charge in [0.1, 0.15) is 5.82 Å². The van der Waals surface area contributed by atoms with Crippen LogP contribution < -0.4 is 10.6 Å². The molecule has 0 saturated heterocycles. The van der Waals surface area contributed by atoms with E-state index in [1.54, 1.807) is 12.1 Å². The zero-order chi connectivity index (χ0) is 18.2. The Morgan fingerprint density at radius 1 is 1.27 bits per heavy atom. The molecule has 2 rings (SSSR count). The molecule has 0 radical (unpaired) electrons. The number of aliphatic hydroxyl groups is 1. The number of nitrogens with zero attached hydrogens (tertiary/aromatic N) is 1. The van der Waals surface area contributed by atoms with Crippen LogP contribution in [0.5, 0.6) is 0 Å². The van der Waals surface area contributed by atoms with Gasteiger partial charge in [0.25, 0.3) is 0 Å². The normalized spacial score (nSPS) is 12.3. The Bertz CT molecular complexity index is 742. The molecule has 0 fully saturated rings. The van der Waals surface area contributed by atoms with Crippen LogP contribution in [0.15, 0.2) is 51.9 Å². The van der Waals surface area contributed by atoms with Gasteiger partial charge in [-0.25, -0.2) is 9.38 Å². The van der Waals surface area contributed by atoms with Crippen LogP contribution in [0.2, 0.25) is 0 Å². The molecule has 1 atom stereocenters. The Hall–Kier alpha value is -1.19. The van der Waals surface area contributed by atoms with Gasteiger partial charge in [-0.15, -0.1) is 24.0 Å². The summed E-state index contributed by atoms with van der Waals surface area (Å²) in [5.41, 5.74) is 2.26. The fourth-order valence-corrected chi connectivity index (χ4v) is 3.08. The predicted molar refractivity (Wildman–Crippen MR) is 118 cm³/mol. The molecule has 2 aromatic rings. The van der Waals surface area contributed by atoms with E-state index in [9.17, 15) is 9.50 Å². The number of guanidine groups is 1. The van der Waals surface area contributed by atoms with Gasteiger partial charge >= 0.3 is 0 Å². The van der Waals surface area contributed by atoms with Crippen molar-refractivity contribution in [2.75, 3.05) is 6.54 Å². The molecule has 2 aromatic carbocycles. The zero-order valence-electron chi connectivity index (χ0n) is 14.8. The van der Waals surface area contributed by atoms with Crippen molar-refractivity contribution in [2.45, 2.75) is 33.0 Å². The number of aliphatic hydroxyl groups excluding tert-OH is 1. The van der Waals surface area contributed by atoms with Gasteiger partial charge in [-0.3, -0.25) is 0 Å². The number of aliphatic imine (C=N–C) groups is 1. The van der Waals surface area contributed by atoms with E-state index in [1.807, 2.05) is 25.1 Å². The van der Waals surface area contributed by atoms with Gasteiger partial charge in [-0.2, -0.15) is 0 Å². The Balaban J connectivity index is 0.00000338. The van der Waals surface area contributed by atoms with Crippen LogP contribution in [0.25, 0.3) is 0 Å². The number of rotatable bonds is 6. The minimum atomic E-state index is -0.400. The van der Waals surface area contributed by atoms with Gasteiger partial charge in [0, 0.05) is 16.6 Å². The number of nitrogens with one attached hydrogen (secondary N) is 2. The van der Waals surface area contributed by atoms with Gasteiger partial charge in [0.15, 0.2) is 5.96 Å². The largest absolute Gasteiger partial charge is 0.392 e. The van der Waals surface area contributed by atoms with Gasteiger partial charge in [0.05, 0.1) is 19.2 Å². The molecule has 3 N–H and O–H groups in total. The average molecular weight is 536 g/mol. The summed E-state index contributed by atoms with van der Waals surface area (Å²) < 4.78 is 14.5. The van der Waals surface area contributed by atoms with Gasteiger partial charge in [0.2, 0.25) is 0 Å². The first-order valence-corrected chi connectivity index (χ1v) is 9.01. The SMILES string of the molecule is CCNC(=NCc1ccc(F)c(CO)c1)NC(C)c1ccccc1Br.I. The molecule has 4 nitrogen and oxygen atoms in total. The summed E-state index contributed by atoms with van der Waals surface area (Å²) in [4.78, 5) is 4.56. The fraction of sp³-hybridized carbons (Fsp3) is 0.316. The molecule has 1 unspecified atom stereocenters. The second-order valence-corrected chi connectivity index (χ2v) is 6.52. The van der Waals surface area contributed by atoms with Crippen molar-refractivity contribution in [1.82, 2.24) is 10.6 Å². The van der Waals surface area contributed by atoms with Crippen molar-refractivity contribution < 1.29 is 9.50 Å². The van der Waals surface area contributed by atoms with Crippen molar-refractivity contribution >= 4 is 45.9 Å². The maximum atomic E-state index is 13.5. The lowest BCUT2D eigenvalue weighted by Crippen LogP contribution is -2.38. The predicted octanol–water partition coefficient (Wildman–Crippen LogP) is 4.51. The summed E-state index contributed by atoms with van der Waals surface area (Å²) in [7, 11) is 0. The Morgan fingerprint density at radius 2 is 2.00 bits per heavy atom. The molecule has 0 aliphatic heterocycles. The van der Waals surface area contributed by atoms with Crippen LogP contribution in [0.4, 0.5) is 4.39 Å². The third-order valence-electron chi connectivity index (χ3n) is 3.77. The third-order valence-corrected chi connectivity index (χ3v) is 4.49. The standard InChI is InChI=1S/C19H23BrFN3O.HI/c1-3-22-19(24-13(2)16-6-4-5-7-17(16)20)23-11-14-8-9-18(21)15(10-14)12-25;/h4-10,13,25H,3,11-12H2,1-2H3,(H2,22,23,24);1H. The minimum absolute atomic E-state index is 0. The summed E-state index contributed by atoms with van der Waals surface area (Å²) >= 11 is 3.56. The van der Waals surface area contributed by atoms with Gasteiger partial charge < -0.3 is 15.7 Å². The molecule has 0 heterocycles. The third kappa shape index (κ3) is 6.51. The van der Waals surface area contributed by atoms with E-state index >= 15 is 0 Å². The summed E-state index contributed by atoms with van der Waals surface area (Å²) in [5.74, 6) is 0.281. The van der Waals surface area contributed by atoms with Gasteiger partial charge in [-0.05, 0) is 43.2 Å². The molecule has 0 bridgehead atoms. The topological polar surface area (TPSA) is 56.7 Å². The van der Waals surface area contributed by atoms with Crippen molar-refractivity contribution in [2.24, 2.45) is 4.99 Å². The summed E-state index contributed by atoms with van der Waals surface area (Å²) in [5, 5.41) is 15.8. The monoisotopic (exact) mass is 535 g/mol. The van der Waals surface area contributed by atoms with Crippen LogP contribution >= 0.6 is 39.9 Å². The first kappa shape index (κ1) is 22.9. The summed E-state index contributed by atoms with van der Waals surface area (Å²) in [6, 6.07) is 12.8. The number of benzene rings is 2. The molecule has 26 heavy (non-hydrogen) atoms. The maximum absolute atomic E-state index is 13.5. The molecule has 7 heteroatoms. The lowest BCUT2D eigenvalue weighted by atomic mass is 10.1. The highest BCUT2D eigenvalue weighted by Gasteiger charge is 2.10. The van der Waals surface area contributed by atoms with Crippen molar-refractivity contribution in [1.29, 1.82) is 0 Å². The highest BCUT2D eigenvalue weighted by Crippen LogP contribution is 2.22. The van der Waals surface area contributed by atoms with E-state index in [2.05, 4.69) is 44.5 Å². The highest BCUT2D eigenvalue weighted by atomic mass is 127. The molecule has 0 saturated carbocycles. The van der Waals surface area contributed by atoms with E-state index < -0.39 is 5.82 Å². The lowest BCUT2D eigenvalue weighted by Gasteiger charge is -2.19. The fourth-order valence-electron chi connectivity index (χ4n) is 2.45. The number of hydrogen-bond acceptors (Lipinski definition) is 2. The van der Waals surface area contributed by atoms with Crippen LogP contribution in [-0.4, -0.2) is 17.6 Å². The Morgan fingerprint density at radius 3 is 2.65 bits per heavy atom. The second-order valence-electron chi connectivity index (χ2n) is 5.67. The molecule has 0 aliphatic rings. The Kier molecular flexibility index (Phi) is 10.1. The summed E-state index contributed by atoms with van der Waals surface area (Å²) in [6.45, 7) is 4.88. The van der Waals surface area contributed by atoms with E-state index in [4.69, 9.17) is 0 Å². The van der Waals surface area contributed by atoms with Gasteiger partial charge in [-0.1, -0.05) is 40.2 Å². The van der Waals surface area contributed by atoms with Crippen LogP contribution in [0.3, 0.4) is 0 Å². The van der Waals surface area contributed by atoms with E-state index in [0.29, 0.717) is 12.5 Å². The molecular weight excluding hydrogens is 512 g/mol. The Labute approximate surface area is 179 Å². The van der Waals surface area contributed by atoms with E-state index in [1.165, 1.54) is 6.07 Å². The second kappa shape index (κ2) is 11.5. The molecular formula is C19H24BrFIN3O. The van der Waals surface area contributed by atoms with E-state index in [-0.39, 0.29) is 42.2 Å². The molecule has 142 valence electrons. The first-order valence-electron chi connectivity index (χ1n) is 8.22. The number of hydrogen-bond donors (Lipinski definition) is 3. The van der Waals surface area contributed by atoms with Crippen molar-refractivity contribution in [3.63, 3.8) is 0 Å². The van der Waals surface area contributed by atoms with Crippen molar-refractivity contribution in [3.05, 3.63) is 69.4 Å². The van der Waals surface area contributed by atoms with Crippen molar-refractivity contribution in [3.8, 4) is 0 Å². The highest BCUT2D eigenvalue weighted by molar-refractivity contribution is 14.0. The van der Waals surface area contributed by atoms with Crippen LogP contribution in [-0.2, 0) is 13.2 Å². The maximum Gasteiger partial charge on any atom is 0.192 e. The minimum Gasteiger partial charge on any atom is -0.392 e. The quantitative estimate of drug-likeness (QED) is 0.290. The first-order chi connectivity index (χ1) is 12.0. The lowest BCUT2D eigenvalue weighted by molar-refractivity contribution is 0.275. The molecule has 0 spiro atoms. The van der Waals surface area contributed by atoms with E-state index in [0.717, 1.165) is 22.1 Å². The molecule has 0 aliphatic carbocycles. The number of halogens is 3. The molecule has 0 amide bonds.